The molecule has 1 atom stereocenters. The van der Waals surface area contributed by atoms with Gasteiger partial charge in [0.1, 0.15) is 0 Å². The van der Waals surface area contributed by atoms with Crippen LogP contribution in [0.5, 0.6) is 0 Å². The molecule has 2 fully saturated rings. The molecule has 0 radical (unpaired) electrons. The molecule has 2 heterocycles. The molecule has 0 aromatic carbocycles. The summed E-state index contributed by atoms with van der Waals surface area (Å²) in [4.78, 5) is 11.0. The van der Waals surface area contributed by atoms with Crippen LogP contribution in [0.15, 0.2) is 0 Å². The van der Waals surface area contributed by atoms with Crippen molar-refractivity contribution in [2.24, 2.45) is 0 Å². The SMILES string of the molecule is O=C1CCC(NC2CCSCC2)CN1. The molecule has 80 valence electrons. The van der Waals surface area contributed by atoms with Crippen LogP contribution < -0.4 is 10.6 Å². The van der Waals surface area contributed by atoms with E-state index in [0.717, 1.165) is 13.0 Å². The summed E-state index contributed by atoms with van der Waals surface area (Å²) >= 11 is 2.05. The Hall–Kier alpha value is -0.220. The lowest BCUT2D eigenvalue weighted by molar-refractivity contribution is -0.122. The average Bonchev–Trinajstić information content (AvgIpc) is 2.23. The van der Waals surface area contributed by atoms with Crippen molar-refractivity contribution in [3.8, 4) is 0 Å². The van der Waals surface area contributed by atoms with Crippen molar-refractivity contribution in [2.75, 3.05) is 18.1 Å². The lowest BCUT2D eigenvalue weighted by Crippen LogP contribution is -2.49. The van der Waals surface area contributed by atoms with Gasteiger partial charge in [0.05, 0.1) is 0 Å². The van der Waals surface area contributed by atoms with E-state index in [1.807, 2.05) is 0 Å². The monoisotopic (exact) mass is 214 g/mol. The first-order chi connectivity index (χ1) is 6.84. The average molecular weight is 214 g/mol. The highest BCUT2D eigenvalue weighted by molar-refractivity contribution is 7.99. The number of nitrogens with one attached hydrogen (secondary N) is 2. The fourth-order valence-electron chi connectivity index (χ4n) is 2.07. The van der Waals surface area contributed by atoms with E-state index in [1.165, 1.54) is 24.3 Å². The summed E-state index contributed by atoms with van der Waals surface area (Å²) < 4.78 is 0. The zero-order valence-electron chi connectivity index (χ0n) is 8.42. The lowest BCUT2D eigenvalue weighted by Gasteiger charge is -2.30. The second kappa shape index (κ2) is 5.03. The van der Waals surface area contributed by atoms with Gasteiger partial charge in [0.25, 0.3) is 0 Å². The summed E-state index contributed by atoms with van der Waals surface area (Å²) in [6, 6.07) is 1.21. The van der Waals surface area contributed by atoms with Crippen molar-refractivity contribution in [1.29, 1.82) is 0 Å². The molecule has 2 aliphatic rings. The molecule has 0 aromatic heterocycles. The zero-order chi connectivity index (χ0) is 9.80. The Morgan fingerprint density at radius 2 is 2.00 bits per heavy atom. The molecule has 1 amide bonds. The van der Waals surface area contributed by atoms with E-state index in [4.69, 9.17) is 0 Å². The summed E-state index contributed by atoms with van der Waals surface area (Å²) in [5.41, 5.74) is 0. The van der Waals surface area contributed by atoms with E-state index in [1.54, 1.807) is 0 Å². The van der Waals surface area contributed by atoms with Crippen LogP contribution in [0.25, 0.3) is 0 Å². The maximum Gasteiger partial charge on any atom is 0.220 e. The van der Waals surface area contributed by atoms with Crippen LogP contribution in [-0.2, 0) is 4.79 Å². The van der Waals surface area contributed by atoms with Gasteiger partial charge in [-0.25, -0.2) is 0 Å². The van der Waals surface area contributed by atoms with E-state index in [9.17, 15) is 4.79 Å². The molecule has 3 nitrogen and oxygen atoms in total. The highest BCUT2D eigenvalue weighted by Gasteiger charge is 2.21. The van der Waals surface area contributed by atoms with Crippen LogP contribution >= 0.6 is 11.8 Å². The standard InChI is InChI=1S/C10H18N2OS/c13-10-2-1-9(7-11-10)12-8-3-5-14-6-4-8/h8-9,12H,1-7H2,(H,11,13). The number of rotatable bonds is 2. The second-order valence-corrected chi connectivity index (χ2v) is 5.32. The van der Waals surface area contributed by atoms with Crippen LogP contribution in [0, 0.1) is 0 Å². The zero-order valence-corrected chi connectivity index (χ0v) is 9.24. The van der Waals surface area contributed by atoms with Crippen molar-refractivity contribution >= 4 is 17.7 Å². The minimum atomic E-state index is 0.210. The van der Waals surface area contributed by atoms with Gasteiger partial charge in [-0.05, 0) is 30.8 Å². The van der Waals surface area contributed by atoms with Gasteiger partial charge in [0.2, 0.25) is 5.91 Å². The van der Waals surface area contributed by atoms with E-state index in [-0.39, 0.29) is 5.91 Å². The van der Waals surface area contributed by atoms with Crippen LogP contribution in [0.1, 0.15) is 25.7 Å². The first-order valence-electron chi connectivity index (χ1n) is 5.45. The summed E-state index contributed by atoms with van der Waals surface area (Å²) in [5, 5.41) is 6.57. The Kier molecular flexibility index (Phi) is 3.70. The number of amides is 1. The third kappa shape index (κ3) is 2.89. The molecule has 2 rings (SSSR count). The van der Waals surface area contributed by atoms with Crippen molar-refractivity contribution in [1.82, 2.24) is 10.6 Å². The largest absolute Gasteiger partial charge is 0.355 e. The molecule has 0 saturated carbocycles. The van der Waals surface area contributed by atoms with Crippen molar-refractivity contribution in [3.05, 3.63) is 0 Å². The number of thioether (sulfide) groups is 1. The Balaban J connectivity index is 1.71. The van der Waals surface area contributed by atoms with Crippen LogP contribution in [0.4, 0.5) is 0 Å². The normalized spacial score (nSPS) is 30.0. The predicted molar refractivity (Wildman–Crippen MR) is 59.5 cm³/mol. The lowest BCUT2D eigenvalue weighted by atomic mass is 10.0. The highest BCUT2D eigenvalue weighted by Crippen LogP contribution is 2.18. The number of carbonyl (C=O) groups excluding carboxylic acids is 1. The van der Waals surface area contributed by atoms with E-state index in [0.29, 0.717) is 18.5 Å². The van der Waals surface area contributed by atoms with Crippen LogP contribution in [0.3, 0.4) is 0 Å². The molecule has 0 aliphatic carbocycles. The van der Waals surface area contributed by atoms with Crippen molar-refractivity contribution in [2.45, 2.75) is 37.8 Å². The summed E-state index contributed by atoms with van der Waals surface area (Å²) in [6.07, 6.45) is 4.28. The first-order valence-corrected chi connectivity index (χ1v) is 6.60. The van der Waals surface area contributed by atoms with Gasteiger partial charge < -0.3 is 10.6 Å². The van der Waals surface area contributed by atoms with Crippen LogP contribution in [-0.4, -0.2) is 36.0 Å². The number of hydrogen-bond acceptors (Lipinski definition) is 3. The summed E-state index contributed by atoms with van der Waals surface area (Å²) in [5.74, 6) is 2.79. The molecule has 4 heteroatoms. The van der Waals surface area contributed by atoms with E-state index < -0.39 is 0 Å². The fraction of sp³-hybridized carbons (Fsp3) is 0.900. The molecule has 0 spiro atoms. The summed E-state index contributed by atoms with van der Waals surface area (Å²) in [7, 11) is 0. The minimum Gasteiger partial charge on any atom is -0.355 e. The molecule has 14 heavy (non-hydrogen) atoms. The minimum absolute atomic E-state index is 0.210. The molecule has 2 N–H and O–H groups in total. The topological polar surface area (TPSA) is 41.1 Å². The molecular formula is C10H18N2OS. The van der Waals surface area contributed by atoms with Gasteiger partial charge in [0.15, 0.2) is 0 Å². The Morgan fingerprint density at radius 3 is 2.64 bits per heavy atom. The molecule has 1 unspecified atom stereocenters. The molecule has 2 saturated heterocycles. The number of hydrogen-bond donors (Lipinski definition) is 2. The maximum atomic E-state index is 11.0. The van der Waals surface area contributed by atoms with Gasteiger partial charge in [-0.1, -0.05) is 0 Å². The molecular weight excluding hydrogens is 196 g/mol. The fourth-order valence-corrected chi connectivity index (χ4v) is 3.18. The predicted octanol–water partition coefficient (Wildman–Crippen LogP) is 0.750. The van der Waals surface area contributed by atoms with E-state index >= 15 is 0 Å². The van der Waals surface area contributed by atoms with Gasteiger partial charge >= 0.3 is 0 Å². The summed E-state index contributed by atoms with van der Waals surface area (Å²) in [6.45, 7) is 0.822. The number of carbonyl (C=O) groups is 1. The molecule has 2 aliphatic heterocycles. The third-order valence-corrected chi connectivity index (χ3v) is 4.01. The van der Waals surface area contributed by atoms with Crippen molar-refractivity contribution in [3.63, 3.8) is 0 Å². The third-order valence-electron chi connectivity index (χ3n) is 2.96. The highest BCUT2D eigenvalue weighted by atomic mass is 32.2. The van der Waals surface area contributed by atoms with Gasteiger partial charge in [-0.2, -0.15) is 11.8 Å². The maximum absolute atomic E-state index is 11.0. The number of piperidine rings is 1. The van der Waals surface area contributed by atoms with Gasteiger partial charge in [-0.3, -0.25) is 4.79 Å². The van der Waals surface area contributed by atoms with Crippen molar-refractivity contribution < 1.29 is 4.79 Å². The Morgan fingerprint density at radius 1 is 1.21 bits per heavy atom. The second-order valence-electron chi connectivity index (χ2n) is 4.09. The van der Waals surface area contributed by atoms with Crippen LogP contribution in [0.2, 0.25) is 0 Å². The Bertz CT molecular complexity index is 194. The first kappa shape index (κ1) is 10.3. The van der Waals surface area contributed by atoms with Gasteiger partial charge in [-0.15, -0.1) is 0 Å². The Labute approximate surface area is 89.4 Å². The molecule has 0 aromatic rings. The van der Waals surface area contributed by atoms with Gasteiger partial charge in [0, 0.05) is 25.0 Å². The smallest absolute Gasteiger partial charge is 0.220 e. The van der Waals surface area contributed by atoms with E-state index in [2.05, 4.69) is 22.4 Å². The molecule has 0 bridgehead atoms. The quantitative estimate of drug-likeness (QED) is 0.713.